The summed E-state index contributed by atoms with van der Waals surface area (Å²) < 4.78 is 0. The molecule has 17 heavy (non-hydrogen) atoms. The van der Waals surface area contributed by atoms with E-state index in [2.05, 4.69) is 58.9 Å². The predicted molar refractivity (Wildman–Crippen MR) is 74.2 cm³/mol. The normalized spacial score (nSPS) is 14.1. The fraction of sp³-hybridized carbons (Fsp3) is 0.625. The zero-order chi connectivity index (χ0) is 13.1. The molecule has 1 atom stereocenters. The summed E-state index contributed by atoms with van der Waals surface area (Å²) in [6, 6.07) is 8.37. The van der Waals surface area contributed by atoms with Gasteiger partial charge in [0.1, 0.15) is 0 Å². The van der Waals surface area contributed by atoms with Gasteiger partial charge in [-0.3, -0.25) is 0 Å². The van der Waals surface area contributed by atoms with Crippen LogP contribution in [0.1, 0.15) is 70.6 Å². The Hall–Kier alpha value is -0.820. The molecule has 0 radical (unpaired) electrons. The van der Waals surface area contributed by atoms with Crippen LogP contribution in [0, 0.1) is 5.41 Å². The molecule has 0 aliphatic rings. The van der Waals surface area contributed by atoms with Gasteiger partial charge in [0.2, 0.25) is 0 Å². The van der Waals surface area contributed by atoms with Crippen molar-refractivity contribution < 1.29 is 5.11 Å². The molecule has 1 aromatic carbocycles. The second-order valence-electron chi connectivity index (χ2n) is 6.44. The Bertz CT molecular complexity index is 330. The lowest BCUT2D eigenvalue weighted by molar-refractivity contribution is 0.147. The molecular weight excluding hydrogens is 208 g/mol. The van der Waals surface area contributed by atoms with Crippen LogP contribution in [0.5, 0.6) is 0 Å². The lowest BCUT2D eigenvalue weighted by Gasteiger charge is -2.20. The monoisotopic (exact) mass is 234 g/mol. The molecule has 0 aromatic heterocycles. The first-order chi connectivity index (χ1) is 7.79. The van der Waals surface area contributed by atoms with Crippen LogP contribution >= 0.6 is 0 Å². The van der Waals surface area contributed by atoms with E-state index >= 15 is 0 Å². The van der Waals surface area contributed by atoms with Gasteiger partial charge in [0.05, 0.1) is 6.10 Å². The summed E-state index contributed by atoms with van der Waals surface area (Å²) >= 11 is 0. The van der Waals surface area contributed by atoms with Crippen LogP contribution in [0.2, 0.25) is 0 Å². The highest BCUT2D eigenvalue weighted by molar-refractivity contribution is 5.26. The number of hydrogen-bond donors (Lipinski definition) is 1. The third kappa shape index (κ3) is 4.91. The molecule has 0 aliphatic carbocycles. The van der Waals surface area contributed by atoms with E-state index in [4.69, 9.17) is 0 Å². The molecule has 0 bridgehead atoms. The molecule has 1 nitrogen and oxygen atoms in total. The van der Waals surface area contributed by atoms with E-state index in [0.717, 1.165) is 18.4 Å². The number of benzene rings is 1. The first-order valence-electron chi connectivity index (χ1n) is 6.57. The van der Waals surface area contributed by atoms with Gasteiger partial charge in [0.25, 0.3) is 0 Å². The van der Waals surface area contributed by atoms with Crippen LogP contribution in [-0.2, 0) is 0 Å². The second-order valence-corrected chi connectivity index (χ2v) is 6.44. The standard InChI is InChI=1S/C16H26O/c1-12(2)13-6-8-14(9-7-13)15(17)10-11-16(3,4)5/h6-9,12,15,17H,10-11H2,1-5H3. The lowest BCUT2D eigenvalue weighted by Crippen LogP contribution is -2.08. The second kappa shape index (κ2) is 5.68. The first-order valence-corrected chi connectivity index (χ1v) is 6.57. The fourth-order valence-corrected chi connectivity index (χ4v) is 1.84. The van der Waals surface area contributed by atoms with Gasteiger partial charge < -0.3 is 5.11 Å². The highest BCUT2D eigenvalue weighted by Crippen LogP contribution is 2.27. The third-order valence-electron chi connectivity index (χ3n) is 3.16. The molecule has 1 rings (SSSR count). The van der Waals surface area contributed by atoms with Crippen molar-refractivity contribution in [3.05, 3.63) is 35.4 Å². The molecule has 0 saturated heterocycles. The summed E-state index contributed by atoms with van der Waals surface area (Å²) in [7, 11) is 0. The van der Waals surface area contributed by atoms with Crippen molar-refractivity contribution in [3.8, 4) is 0 Å². The summed E-state index contributed by atoms with van der Waals surface area (Å²) in [6.45, 7) is 11.0. The maximum atomic E-state index is 10.1. The summed E-state index contributed by atoms with van der Waals surface area (Å²) in [5.74, 6) is 0.552. The largest absolute Gasteiger partial charge is 0.388 e. The highest BCUT2D eigenvalue weighted by atomic mass is 16.3. The Balaban J connectivity index is 2.60. The summed E-state index contributed by atoms with van der Waals surface area (Å²) in [5.41, 5.74) is 2.66. The zero-order valence-electron chi connectivity index (χ0n) is 11.8. The minimum Gasteiger partial charge on any atom is -0.388 e. The Morgan fingerprint density at radius 1 is 1.00 bits per heavy atom. The molecule has 1 aromatic rings. The number of rotatable bonds is 4. The van der Waals surface area contributed by atoms with E-state index in [1.165, 1.54) is 5.56 Å². The maximum Gasteiger partial charge on any atom is 0.0790 e. The average Bonchev–Trinajstić information content (AvgIpc) is 2.25. The van der Waals surface area contributed by atoms with Crippen LogP contribution in [-0.4, -0.2) is 5.11 Å². The van der Waals surface area contributed by atoms with Gasteiger partial charge in [0, 0.05) is 0 Å². The topological polar surface area (TPSA) is 20.2 Å². The van der Waals surface area contributed by atoms with E-state index in [-0.39, 0.29) is 6.10 Å². The van der Waals surface area contributed by atoms with E-state index < -0.39 is 0 Å². The van der Waals surface area contributed by atoms with Gasteiger partial charge in [0.15, 0.2) is 0 Å². The van der Waals surface area contributed by atoms with Gasteiger partial charge in [-0.2, -0.15) is 0 Å². The van der Waals surface area contributed by atoms with Crippen LogP contribution in [0.4, 0.5) is 0 Å². The van der Waals surface area contributed by atoms with Gasteiger partial charge in [-0.25, -0.2) is 0 Å². The summed E-state index contributed by atoms with van der Waals surface area (Å²) in [4.78, 5) is 0. The highest BCUT2D eigenvalue weighted by Gasteiger charge is 2.14. The molecule has 1 heteroatoms. The van der Waals surface area contributed by atoms with Crippen LogP contribution in [0.3, 0.4) is 0 Å². The lowest BCUT2D eigenvalue weighted by atomic mass is 9.88. The van der Waals surface area contributed by atoms with Crippen LogP contribution in [0.15, 0.2) is 24.3 Å². The molecule has 0 fully saturated rings. The van der Waals surface area contributed by atoms with Gasteiger partial charge >= 0.3 is 0 Å². The van der Waals surface area contributed by atoms with Crippen molar-refractivity contribution in [1.82, 2.24) is 0 Å². The Labute approximate surface area is 106 Å². The molecule has 0 heterocycles. The average molecular weight is 234 g/mol. The Kier molecular flexibility index (Phi) is 4.76. The van der Waals surface area contributed by atoms with E-state index in [0.29, 0.717) is 11.3 Å². The van der Waals surface area contributed by atoms with Gasteiger partial charge in [-0.05, 0) is 35.3 Å². The van der Waals surface area contributed by atoms with Crippen molar-refractivity contribution in [3.63, 3.8) is 0 Å². The van der Waals surface area contributed by atoms with Crippen LogP contribution in [0.25, 0.3) is 0 Å². The Morgan fingerprint density at radius 2 is 1.47 bits per heavy atom. The first kappa shape index (κ1) is 14.2. The van der Waals surface area contributed by atoms with Gasteiger partial charge in [-0.1, -0.05) is 58.9 Å². The van der Waals surface area contributed by atoms with E-state index in [9.17, 15) is 5.11 Å². The number of hydrogen-bond acceptors (Lipinski definition) is 1. The quantitative estimate of drug-likeness (QED) is 0.802. The molecule has 1 N–H and O–H groups in total. The van der Waals surface area contributed by atoms with Crippen LogP contribution < -0.4 is 0 Å². The molecule has 1 unspecified atom stereocenters. The van der Waals surface area contributed by atoms with E-state index in [1.807, 2.05) is 0 Å². The molecule has 96 valence electrons. The minimum atomic E-state index is -0.324. The number of aliphatic hydroxyl groups excluding tert-OH is 1. The zero-order valence-corrected chi connectivity index (χ0v) is 11.8. The van der Waals surface area contributed by atoms with Gasteiger partial charge in [-0.15, -0.1) is 0 Å². The third-order valence-corrected chi connectivity index (χ3v) is 3.16. The molecular formula is C16H26O. The molecule has 0 saturated carbocycles. The summed E-state index contributed by atoms with van der Waals surface area (Å²) in [5, 5.41) is 10.1. The van der Waals surface area contributed by atoms with Crippen molar-refractivity contribution in [2.45, 2.75) is 59.5 Å². The summed E-state index contributed by atoms with van der Waals surface area (Å²) in [6.07, 6.45) is 1.56. The number of aliphatic hydroxyl groups is 1. The van der Waals surface area contributed by atoms with Crippen molar-refractivity contribution in [2.24, 2.45) is 5.41 Å². The van der Waals surface area contributed by atoms with Crippen molar-refractivity contribution in [1.29, 1.82) is 0 Å². The molecule has 0 amide bonds. The van der Waals surface area contributed by atoms with E-state index in [1.54, 1.807) is 0 Å². The van der Waals surface area contributed by atoms with Crippen molar-refractivity contribution >= 4 is 0 Å². The smallest absolute Gasteiger partial charge is 0.0790 e. The molecule has 0 spiro atoms. The maximum absolute atomic E-state index is 10.1. The SMILES string of the molecule is CC(C)c1ccc(C(O)CCC(C)(C)C)cc1. The molecule has 0 aliphatic heterocycles. The van der Waals surface area contributed by atoms with Crippen molar-refractivity contribution in [2.75, 3.05) is 0 Å². The Morgan fingerprint density at radius 3 is 1.88 bits per heavy atom. The minimum absolute atomic E-state index is 0.291. The fourth-order valence-electron chi connectivity index (χ4n) is 1.84. The predicted octanol–water partition coefficient (Wildman–Crippen LogP) is 4.67.